The first kappa shape index (κ1) is 66.3. The van der Waals surface area contributed by atoms with Crippen LogP contribution < -0.4 is 0 Å². The van der Waals surface area contributed by atoms with Gasteiger partial charge in [-0.3, -0.25) is 81.5 Å². The molecule has 8 heterocycles. The standard InChI is InChI=1S/4C16H8N2O5.CH2O5S2/c4*19-13-9-5-1-2-6-10(9)14(20)17(13)23-18-15(21)11-7-3-4-8-12(11)16(18)22;2-1(7(3)4)8(5)6/h4*1-8H;7-8H. The number of hydrogen-bond acceptors (Lipinski definition) is 25. The van der Waals surface area contributed by atoms with Crippen LogP contribution in [0.25, 0.3) is 0 Å². The lowest BCUT2D eigenvalue weighted by atomic mass is 10.1. The molecule has 0 radical (unpaired) electrons. The lowest BCUT2D eigenvalue weighted by molar-refractivity contribution is -0.216. The molecule has 35 heteroatoms. The molecule has 8 aromatic carbocycles. The van der Waals surface area contributed by atoms with Gasteiger partial charge < -0.3 is 0 Å². The quantitative estimate of drug-likeness (QED) is 0.160. The van der Waals surface area contributed by atoms with Crippen LogP contribution in [0.4, 0.5) is 4.79 Å². The van der Waals surface area contributed by atoms with Gasteiger partial charge in [-0.1, -0.05) is 97.1 Å². The third-order valence-electron chi connectivity index (χ3n) is 15.0. The second-order valence-corrected chi connectivity index (χ2v) is 22.9. The van der Waals surface area contributed by atoms with Gasteiger partial charge in [-0.05, 0) is 97.1 Å². The highest BCUT2D eigenvalue weighted by Gasteiger charge is 2.49. The second kappa shape index (κ2) is 26.5. The van der Waals surface area contributed by atoms with E-state index in [4.69, 9.17) is 19.8 Å². The van der Waals surface area contributed by atoms with Crippen molar-refractivity contribution in [1.29, 1.82) is 0 Å². The average molecular weight is 1390 g/mol. The largest absolute Gasteiger partial charge is 0.354 e. The number of amides is 16. The average Bonchev–Trinajstić information content (AvgIpc) is 1.63. The van der Waals surface area contributed by atoms with E-state index < -0.39 is 120 Å². The highest BCUT2D eigenvalue weighted by molar-refractivity contribution is 8.15. The van der Waals surface area contributed by atoms with Gasteiger partial charge in [-0.25, -0.2) is 16.8 Å². The van der Waals surface area contributed by atoms with E-state index in [-0.39, 0.29) is 89.0 Å². The third-order valence-corrected chi connectivity index (χ3v) is 16.6. The van der Waals surface area contributed by atoms with Crippen LogP contribution in [0.5, 0.6) is 0 Å². The van der Waals surface area contributed by atoms with E-state index in [1.807, 2.05) is 0 Å². The number of hydrogen-bond donors (Lipinski definition) is 2. The van der Waals surface area contributed by atoms with Crippen LogP contribution in [-0.4, -0.2) is 156 Å². The molecule has 8 aromatic rings. The second-order valence-electron chi connectivity index (χ2n) is 20.7. The summed E-state index contributed by atoms with van der Waals surface area (Å²) in [5.74, 6) is -11.5. The molecule has 0 saturated carbocycles. The van der Waals surface area contributed by atoms with E-state index in [0.717, 1.165) is 0 Å². The first-order valence-corrected chi connectivity index (χ1v) is 30.7. The summed E-state index contributed by atoms with van der Waals surface area (Å²) in [6.07, 6.45) is 0. The van der Waals surface area contributed by atoms with E-state index >= 15 is 0 Å². The van der Waals surface area contributed by atoms with Crippen molar-refractivity contribution in [3.63, 3.8) is 0 Å². The van der Waals surface area contributed by atoms with Gasteiger partial charge in [-0.2, -0.15) is 0 Å². The van der Waals surface area contributed by atoms with Crippen LogP contribution in [-0.2, 0) is 41.2 Å². The van der Waals surface area contributed by atoms with Gasteiger partial charge in [0.25, 0.3) is 94.5 Å². The third kappa shape index (κ3) is 11.4. The first-order valence-electron chi connectivity index (χ1n) is 28.3. The van der Waals surface area contributed by atoms with Gasteiger partial charge in [0, 0.05) is 0 Å². The fourth-order valence-electron chi connectivity index (χ4n) is 10.3. The van der Waals surface area contributed by atoms with Crippen LogP contribution in [0.2, 0.25) is 0 Å². The highest BCUT2D eigenvalue weighted by atomic mass is 32.2. The number of thiol groups is 2. The summed E-state index contributed by atoms with van der Waals surface area (Å²) in [6.45, 7) is 0. The molecular formula is C65H34N8O25S2. The molecular weight excluding hydrogens is 1360 g/mol. The maximum absolute atomic E-state index is 12.2. The summed E-state index contributed by atoms with van der Waals surface area (Å²) in [7, 11) is -6.87. The van der Waals surface area contributed by atoms with E-state index in [1.54, 1.807) is 97.1 Å². The van der Waals surface area contributed by atoms with Crippen LogP contribution in [0.1, 0.15) is 166 Å². The van der Waals surface area contributed by atoms with Gasteiger partial charge in [0.2, 0.25) is 21.4 Å². The Labute approximate surface area is 559 Å². The molecule has 0 spiro atoms. The smallest absolute Gasteiger partial charge is 0.266 e. The fourth-order valence-corrected chi connectivity index (χ4v) is 10.9. The lowest BCUT2D eigenvalue weighted by Gasteiger charge is -2.18. The summed E-state index contributed by atoms with van der Waals surface area (Å²) < 4.78 is 36.0. The van der Waals surface area contributed by atoms with Crippen LogP contribution >= 0.6 is 0 Å². The molecule has 8 aliphatic rings. The SMILES string of the molecule is O=C([SH](=O)=O)[SH](=O)=O.O=C1c2ccccc2C(=O)N1ON1C(=O)c2ccccc2C1=O.O=C1c2ccccc2C(=O)N1ON1C(=O)c2ccccc2C1=O.O=C1c2ccccc2C(=O)N1ON1C(=O)c2ccccc2C1=O.O=C1c2ccccc2C(=O)N1ON1C(=O)c2ccccc2C1=O. The van der Waals surface area contributed by atoms with Crippen molar-refractivity contribution in [3.05, 3.63) is 283 Å². The van der Waals surface area contributed by atoms with Gasteiger partial charge in [0.05, 0.1) is 89.0 Å². The molecule has 16 rings (SSSR count). The predicted octanol–water partition coefficient (Wildman–Crippen LogP) is 4.03. The maximum atomic E-state index is 12.2. The summed E-state index contributed by atoms with van der Waals surface area (Å²) in [4.78, 5) is 225. The lowest BCUT2D eigenvalue weighted by Crippen LogP contribution is -2.41. The van der Waals surface area contributed by atoms with E-state index in [1.165, 1.54) is 97.1 Å². The topological polar surface area (TPSA) is 421 Å². The van der Waals surface area contributed by atoms with Crippen molar-refractivity contribution in [2.45, 2.75) is 0 Å². The summed E-state index contributed by atoms with van der Waals surface area (Å²) in [6, 6.07) is 49.3. The molecule has 16 amide bonds. The molecule has 0 fully saturated rings. The fraction of sp³-hybridized carbons (Fsp3) is 0. The number of rotatable bonds is 8. The molecule has 0 N–H and O–H groups in total. The Morgan fingerprint density at radius 2 is 0.260 bits per heavy atom. The number of fused-ring (bicyclic) bond motifs is 8. The highest BCUT2D eigenvalue weighted by Crippen LogP contribution is 2.33. The Hall–Kier alpha value is -13.7. The van der Waals surface area contributed by atoms with Gasteiger partial charge in [0.1, 0.15) is 0 Å². The predicted molar refractivity (Wildman–Crippen MR) is 326 cm³/mol. The number of carbonyl (C=O) groups excluding carboxylic acids is 17. The van der Waals surface area contributed by atoms with Gasteiger partial charge >= 0.3 is 4.45 Å². The zero-order valence-corrected chi connectivity index (χ0v) is 51.4. The normalized spacial score (nSPS) is 15.7. The van der Waals surface area contributed by atoms with Gasteiger partial charge in [-0.15, -0.1) is 60.3 Å². The number of carbonyl (C=O) groups is 17. The monoisotopic (exact) mass is 1390 g/mol. The maximum Gasteiger partial charge on any atom is 0.354 e. The van der Waals surface area contributed by atoms with Crippen molar-refractivity contribution in [2.24, 2.45) is 0 Å². The Balaban J connectivity index is 0.000000122. The molecule has 33 nitrogen and oxygen atoms in total. The number of benzene rings is 8. The van der Waals surface area contributed by atoms with Crippen molar-refractivity contribution in [3.8, 4) is 0 Å². The van der Waals surface area contributed by atoms with Crippen molar-refractivity contribution < 1.29 is 118 Å². The Morgan fingerprint density at radius 1 is 0.180 bits per heavy atom. The zero-order valence-electron chi connectivity index (χ0n) is 49.7. The Kier molecular flexibility index (Phi) is 17.6. The molecule has 0 aromatic heterocycles. The summed E-state index contributed by atoms with van der Waals surface area (Å²) >= 11 is 0. The number of nitrogens with zero attached hydrogens (tertiary/aromatic N) is 8. The molecule has 496 valence electrons. The van der Waals surface area contributed by atoms with Gasteiger partial charge in [0.15, 0.2) is 0 Å². The minimum atomic E-state index is -3.44. The molecule has 0 atom stereocenters. The molecule has 8 aliphatic heterocycles. The molecule has 0 bridgehead atoms. The number of hydroxylamine groups is 16. The molecule has 0 unspecified atom stereocenters. The van der Waals surface area contributed by atoms with Crippen LogP contribution in [0, 0.1) is 0 Å². The molecule has 100 heavy (non-hydrogen) atoms. The Morgan fingerprint density at radius 3 is 0.320 bits per heavy atom. The molecule has 0 saturated heterocycles. The molecule has 0 aliphatic carbocycles. The first-order chi connectivity index (χ1) is 47.9. The Bertz CT molecular complexity index is 4110. The van der Waals surface area contributed by atoms with E-state index in [2.05, 4.69) is 0 Å². The minimum absolute atomic E-state index is 0.161. The minimum Gasteiger partial charge on any atom is -0.266 e. The number of imide groups is 8. The van der Waals surface area contributed by atoms with Crippen molar-refractivity contribution in [1.82, 2.24) is 40.5 Å². The van der Waals surface area contributed by atoms with Crippen molar-refractivity contribution in [2.75, 3.05) is 0 Å². The van der Waals surface area contributed by atoms with E-state index in [0.29, 0.717) is 40.5 Å². The van der Waals surface area contributed by atoms with Crippen molar-refractivity contribution >= 4 is 120 Å². The zero-order chi connectivity index (χ0) is 71.3. The van der Waals surface area contributed by atoms with Crippen LogP contribution in [0.3, 0.4) is 0 Å². The van der Waals surface area contributed by atoms with E-state index in [9.17, 15) is 98.3 Å². The van der Waals surface area contributed by atoms with Crippen LogP contribution in [0.15, 0.2) is 194 Å². The summed E-state index contributed by atoms with van der Waals surface area (Å²) in [5.41, 5.74) is 2.58. The summed E-state index contributed by atoms with van der Waals surface area (Å²) in [5, 5.41) is 3.38.